The van der Waals surface area contributed by atoms with Gasteiger partial charge in [-0.3, -0.25) is 4.79 Å². The minimum absolute atomic E-state index is 0.129. The number of aromatic amines is 1. The molecule has 1 aromatic heterocycles. The van der Waals surface area contributed by atoms with Crippen LogP contribution in [0.5, 0.6) is 0 Å². The molecular weight excluding hydrogens is 268 g/mol. The van der Waals surface area contributed by atoms with Crippen molar-refractivity contribution >= 4 is 21.4 Å². The standard InChI is InChI=1S/C11H12N4O3S/c1-7-3-4-8(19(2,17)18)5-9(7)13-11(16)10-6-12-15-14-10/h3-6H,1-2H3,(H,13,16)(H,12,14,15). The number of carbonyl (C=O) groups is 1. The fraction of sp³-hybridized carbons (Fsp3) is 0.182. The summed E-state index contributed by atoms with van der Waals surface area (Å²) in [6, 6.07) is 4.55. The third-order valence-corrected chi connectivity index (χ3v) is 3.64. The predicted octanol–water partition coefficient (Wildman–Crippen LogP) is 0.769. The van der Waals surface area contributed by atoms with Gasteiger partial charge in [0.05, 0.1) is 11.1 Å². The van der Waals surface area contributed by atoms with Gasteiger partial charge < -0.3 is 5.32 Å². The van der Waals surface area contributed by atoms with E-state index in [1.807, 2.05) is 0 Å². The molecule has 2 rings (SSSR count). The Bertz CT molecular complexity index is 708. The van der Waals surface area contributed by atoms with Gasteiger partial charge in [0, 0.05) is 11.9 Å². The summed E-state index contributed by atoms with van der Waals surface area (Å²) in [5, 5.41) is 12.1. The third kappa shape index (κ3) is 2.97. The Labute approximate surface area is 110 Å². The van der Waals surface area contributed by atoms with Gasteiger partial charge in [0.1, 0.15) is 0 Å². The zero-order valence-corrected chi connectivity index (χ0v) is 11.2. The van der Waals surface area contributed by atoms with Gasteiger partial charge in [-0.1, -0.05) is 6.07 Å². The lowest BCUT2D eigenvalue weighted by atomic mass is 10.2. The van der Waals surface area contributed by atoms with E-state index in [0.717, 1.165) is 11.8 Å². The summed E-state index contributed by atoms with van der Waals surface area (Å²) in [7, 11) is -3.32. The maximum absolute atomic E-state index is 11.8. The number of H-pyrrole nitrogens is 1. The zero-order chi connectivity index (χ0) is 14.0. The molecule has 0 bridgehead atoms. The number of nitrogens with one attached hydrogen (secondary N) is 2. The molecule has 0 aliphatic carbocycles. The largest absolute Gasteiger partial charge is 0.320 e. The molecule has 1 amide bonds. The van der Waals surface area contributed by atoms with Crippen molar-refractivity contribution in [2.75, 3.05) is 11.6 Å². The van der Waals surface area contributed by atoms with Gasteiger partial charge in [-0.15, -0.1) is 0 Å². The summed E-state index contributed by atoms with van der Waals surface area (Å²) in [4.78, 5) is 12.0. The lowest BCUT2D eigenvalue weighted by Gasteiger charge is -2.08. The van der Waals surface area contributed by atoms with E-state index in [9.17, 15) is 13.2 Å². The van der Waals surface area contributed by atoms with Crippen LogP contribution in [-0.2, 0) is 9.84 Å². The molecule has 0 saturated carbocycles. The number of aromatic nitrogens is 3. The van der Waals surface area contributed by atoms with E-state index in [1.54, 1.807) is 13.0 Å². The molecule has 7 nitrogen and oxygen atoms in total. The average Bonchev–Trinajstić information content (AvgIpc) is 2.84. The van der Waals surface area contributed by atoms with Crippen LogP contribution < -0.4 is 5.32 Å². The molecule has 0 atom stereocenters. The van der Waals surface area contributed by atoms with Crippen LogP contribution >= 0.6 is 0 Å². The summed E-state index contributed by atoms with van der Waals surface area (Å²) in [5.74, 6) is -0.456. The van der Waals surface area contributed by atoms with E-state index < -0.39 is 15.7 Å². The fourth-order valence-corrected chi connectivity index (χ4v) is 2.11. The van der Waals surface area contributed by atoms with E-state index in [1.165, 1.54) is 18.3 Å². The summed E-state index contributed by atoms with van der Waals surface area (Å²) in [6.07, 6.45) is 2.39. The number of benzene rings is 1. The highest BCUT2D eigenvalue weighted by atomic mass is 32.2. The van der Waals surface area contributed by atoms with Crippen LogP contribution in [0.15, 0.2) is 29.3 Å². The van der Waals surface area contributed by atoms with E-state index >= 15 is 0 Å². The van der Waals surface area contributed by atoms with Gasteiger partial charge in [-0.25, -0.2) is 8.42 Å². The van der Waals surface area contributed by atoms with Crippen molar-refractivity contribution in [2.45, 2.75) is 11.8 Å². The molecule has 2 N–H and O–H groups in total. The minimum atomic E-state index is -3.32. The maximum Gasteiger partial charge on any atom is 0.277 e. The molecular formula is C11H12N4O3S. The number of hydrogen-bond donors (Lipinski definition) is 2. The van der Waals surface area contributed by atoms with E-state index in [-0.39, 0.29) is 10.6 Å². The summed E-state index contributed by atoms with van der Waals surface area (Å²) in [6.45, 7) is 1.77. The first-order chi connectivity index (χ1) is 8.88. The number of amides is 1. The quantitative estimate of drug-likeness (QED) is 0.864. The molecule has 0 fully saturated rings. The van der Waals surface area contributed by atoms with Crippen LogP contribution in [0.1, 0.15) is 16.1 Å². The number of aryl methyl sites for hydroxylation is 1. The fourth-order valence-electron chi connectivity index (χ4n) is 1.46. The first-order valence-electron chi connectivity index (χ1n) is 5.36. The number of carbonyl (C=O) groups excluding carboxylic acids is 1. The molecule has 19 heavy (non-hydrogen) atoms. The molecule has 0 unspecified atom stereocenters. The average molecular weight is 280 g/mol. The van der Waals surface area contributed by atoms with Gasteiger partial charge in [0.2, 0.25) is 0 Å². The number of sulfone groups is 1. The molecule has 0 spiro atoms. The van der Waals surface area contributed by atoms with Crippen molar-refractivity contribution in [2.24, 2.45) is 0 Å². The van der Waals surface area contributed by atoms with Crippen molar-refractivity contribution in [3.8, 4) is 0 Å². The molecule has 2 aromatic rings. The van der Waals surface area contributed by atoms with Crippen LogP contribution in [0, 0.1) is 6.92 Å². The molecule has 0 radical (unpaired) electrons. The second-order valence-corrected chi connectivity index (χ2v) is 6.07. The third-order valence-electron chi connectivity index (χ3n) is 2.53. The van der Waals surface area contributed by atoms with Crippen LogP contribution in [0.2, 0.25) is 0 Å². The topological polar surface area (TPSA) is 105 Å². The van der Waals surface area contributed by atoms with Gasteiger partial charge in [0.25, 0.3) is 5.91 Å². The summed E-state index contributed by atoms with van der Waals surface area (Å²) in [5.41, 5.74) is 1.31. The highest BCUT2D eigenvalue weighted by Gasteiger charge is 2.13. The van der Waals surface area contributed by atoms with Gasteiger partial charge in [0.15, 0.2) is 15.5 Å². The van der Waals surface area contributed by atoms with Crippen molar-refractivity contribution in [3.05, 3.63) is 35.7 Å². The SMILES string of the molecule is Cc1ccc(S(C)(=O)=O)cc1NC(=O)c1cn[nH]n1. The normalized spacial score (nSPS) is 11.3. The highest BCUT2D eigenvalue weighted by molar-refractivity contribution is 7.90. The Morgan fingerprint density at radius 2 is 2.11 bits per heavy atom. The highest BCUT2D eigenvalue weighted by Crippen LogP contribution is 2.20. The Kier molecular flexibility index (Phi) is 3.34. The Hall–Kier alpha value is -2.22. The monoisotopic (exact) mass is 280 g/mol. The van der Waals surface area contributed by atoms with Crippen LogP contribution in [0.3, 0.4) is 0 Å². The van der Waals surface area contributed by atoms with E-state index in [4.69, 9.17) is 0 Å². The maximum atomic E-state index is 11.8. The smallest absolute Gasteiger partial charge is 0.277 e. The summed E-state index contributed by atoms with van der Waals surface area (Å²) < 4.78 is 22.9. The minimum Gasteiger partial charge on any atom is -0.320 e. The van der Waals surface area contributed by atoms with Crippen molar-refractivity contribution < 1.29 is 13.2 Å². The molecule has 8 heteroatoms. The molecule has 100 valence electrons. The molecule has 0 saturated heterocycles. The number of anilines is 1. The molecule has 0 aliphatic heterocycles. The van der Waals surface area contributed by atoms with Gasteiger partial charge in [-0.05, 0) is 24.6 Å². The number of nitrogens with zero attached hydrogens (tertiary/aromatic N) is 2. The van der Waals surface area contributed by atoms with Crippen molar-refractivity contribution in [1.82, 2.24) is 15.4 Å². The van der Waals surface area contributed by atoms with E-state index in [0.29, 0.717) is 5.69 Å². The second kappa shape index (κ2) is 4.81. The predicted molar refractivity (Wildman–Crippen MR) is 68.6 cm³/mol. The summed E-state index contributed by atoms with van der Waals surface area (Å²) >= 11 is 0. The van der Waals surface area contributed by atoms with Gasteiger partial charge >= 0.3 is 0 Å². The van der Waals surface area contributed by atoms with Crippen molar-refractivity contribution in [1.29, 1.82) is 0 Å². The number of hydrogen-bond acceptors (Lipinski definition) is 5. The lowest BCUT2D eigenvalue weighted by molar-refractivity contribution is 0.102. The lowest BCUT2D eigenvalue weighted by Crippen LogP contribution is -2.13. The van der Waals surface area contributed by atoms with Crippen molar-refractivity contribution in [3.63, 3.8) is 0 Å². The first kappa shape index (κ1) is 13.2. The van der Waals surface area contributed by atoms with Crippen LogP contribution in [0.25, 0.3) is 0 Å². The zero-order valence-electron chi connectivity index (χ0n) is 10.3. The Morgan fingerprint density at radius 3 is 2.68 bits per heavy atom. The Morgan fingerprint density at radius 1 is 1.37 bits per heavy atom. The molecule has 1 aromatic carbocycles. The molecule has 1 heterocycles. The number of rotatable bonds is 3. The van der Waals surface area contributed by atoms with E-state index in [2.05, 4.69) is 20.7 Å². The Balaban J connectivity index is 2.32. The van der Waals surface area contributed by atoms with Crippen LogP contribution in [0.4, 0.5) is 5.69 Å². The van der Waals surface area contributed by atoms with Gasteiger partial charge in [-0.2, -0.15) is 15.4 Å². The van der Waals surface area contributed by atoms with Crippen LogP contribution in [-0.4, -0.2) is 36.0 Å². The second-order valence-electron chi connectivity index (χ2n) is 4.06. The molecule has 0 aliphatic rings. The first-order valence-corrected chi connectivity index (χ1v) is 7.25.